The fourth-order valence-corrected chi connectivity index (χ4v) is 3.01. The third-order valence-electron chi connectivity index (χ3n) is 4.47. The molecule has 0 spiro atoms. The fraction of sp³-hybridized carbons (Fsp3) is 0.0435. The summed E-state index contributed by atoms with van der Waals surface area (Å²) >= 11 is 0. The maximum atomic E-state index is 12.2. The first-order valence-electron chi connectivity index (χ1n) is 8.93. The van der Waals surface area contributed by atoms with Crippen LogP contribution in [0.4, 0.5) is 11.4 Å². The van der Waals surface area contributed by atoms with Crippen molar-refractivity contribution in [1.29, 1.82) is 0 Å². The van der Waals surface area contributed by atoms with Crippen molar-refractivity contribution in [2.45, 2.75) is 0 Å². The van der Waals surface area contributed by atoms with Gasteiger partial charge in [-0.05, 0) is 41.1 Å². The van der Waals surface area contributed by atoms with E-state index in [9.17, 15) is 9.90 Å². The molecule has 144 valence electrons. The number of phenols is 1. The number of nitrogens with one attached hydrogen (secondary N) is 1. The Morgan fingerprint density at radius 2 is 1.97 bits per heavy atom. The zero-order chi connectivity index (χ0) is 20.2. The van der Waals surface area contributed by atoms with E-state index in [1.807, 2.05) is 30.3 Å². The van der Waals surface area contributed by atoms with Crippen LogP contribution in [0.1, 0.15) is 16.1 Å². The number of rotatable bonds is 5. The first-order chi connectivity index (χ1) is 14.2. The summed E-state index contributed by atoms with van der Waals surface area (Å²) < 4.78 is 10.5. The first kappa shape index (κ1) is 18.3. The topological polar surface area (TPSA) is 84.1 Å². The molecule has 1 amide bonds. The van der Waals surface area contributed by atoms with Crippen molar-refractivity contribution in [1.82, 2.24) is 0 Å². The number of carbonyl (C=O) groups excluding carboxylic acids is 1. The van der Waals surface area contributed by atoms with E-state index in [2.05, 4.69) is 10.3 Å². The monoisotopic (exact) mass is 386 g/mol. The van der Waals surface area contributed by atoms with Gasteiger partial charge in [0, 0.05) is 17.8 Å². The molecule has 0 aliphatic rings. The van der Waals surface area contributed by atoms with Crippen molar-refractivity contribution in [3.8, 4) is 11.5 Å². The SMILES string of the molecule is COc1cc(N=Cc2c(O)ccc3ccccc23)ccc1NC(=O)c1ccco1. The summed E-state index contributed by atoms with van der Waals surface area (Å²) in [7, 11) is 1.52. The molecule has 0 fully saturated rings. The van der Waals surface area contributed by atoms with E-state index in [1.54, 1.807) is 42.6 Å². The lowest BCUT2D eigenvalue weighted by molar-refractivity contribution is 0.0996. The minimum atomic E-state index is -0.370. The number of aliphatic imine (C=N–C) groups is 1. The van der Waals surface area contributed by atoms with Crippen LogP contribution in [0.3, 0.4) is 0 Å². The van der Waals surface area contributed by atoms with Crippen molar-refractivity contribution >= 4 is 34.3 Å². The molecule has 0 saturated heterocycles. The van der Waals surface area contributed by atoms with Crippen LogP contribution in [-0.4, -0.2) is 24.3 Å². The van der Waals surface area contributed by atoms with Crippen LogP contribution in [0.5, 0.6) is 11.5 Å². The number of fused-ring (bicyclic) bond motifs is 1. The van der Waals surface area contributed by atoms with Gasteiger partial charge in [0.1, 0.15) is 11.5 Å². The fourth-order valence-electron chi connectivity index (χ4n) is 3.01. The van der Waals surface area contributed by atoms with Crippen LogP contribution in [-0.2, 0) is 0 Å². The molecule has 1 heterocycles. The predicted octanol–water partition coefficient (Wildman–Crippen LogP) is 5.15. The second-order valence-electron chi connectivity index (χ2n) is 6.29. The van der Waals surface area contributed by atoms with E-state index < -0.39 is 0 Å². The van der Waals surface area contributed by atoms with E-state index in [1.165, 1.54) is 13.4 Å². The Labute approximate surface area is 167 Å². The van der Waals surface area contributed by atoms with Gasteiger partial charge in [0.05, 0.1) is 24.7 Å². The second kappa shape index (κ2) is 7.90. The van der Waals surface area contributed by atoms with Crippen molar-refractivity contribution < 1.29 is 19.1 Å². The second-order valence-corrected chi connectivity index (χ2v) is 6.29. The first-order valence-corrected chi connectivity index (χ1v) is 8.93. The maximum Gasteiger partial charge on any atom is 0.291 e. The van der Waals surface area contributed by atoms with Gasteiger partial charge in [0.25, 0.3) is 5.91 Å². The number of ether oxygens (including phenoxy) is 1. The highest BCUT2D eigenvalue weighted by molar-refractivity contribution is 6.04. The molecule has 3 aromatic carbocycles. The van der Waals surface area contributed by atoms with Crippen molar-refractivity contribution in [3.05, 3.63) is 84.3 Å². The number of carbonyl (C=O) groups is 1. The summed E-state index contributed by atoms with van der Waals surface area (Å²) in [6, 6.07) is 19.7. The molecule has 29 heavy (non-hydrogen) atoms. The molecule has 2 N–H and O–H groups in total. The number of aromatic hydroxyl groups is 1. The Morgan fingerprint density at radius 3 is 2.76 bits per heavy atom. The summed E-state index contributed by atoms with van der Waals surface area (Å²) in [6.45, 7) is 0. The molecule has 6 heteroatoms. The van der Waals surface area contributed by atoms with E-state index in [0.29, 0.717) is 22.7 Å². The Morgan fingerprint density at radius 1 is 1.10 bits per heavy atom. The van der Waals surface area contributed by atoms with Gasteiger partial charge in [-0.15, -0.1) is 0 Å². The normalized spacial score (nSPS) is 11.1. The quantitative estimate of drug-likeness (QED) is 0.465. The van der Waals surface area contributed by atoms with Crippen LogP contribution < -0.4 is 10.1 Å². The molecule has 0 saturated carbocycles. The molecular weight excluding hydrogens is 368 g/mol. The lowest BCUT2D eigenvalue weighted by atomic mass is 10.0. The van der Waals surface area contributed by atoms with Gasteiger partial charge in [0.2, 0.25) is 0 Å². The smallest absolute Gasteiger partial charge is 0.291 e. The Bertz CT molecular complexity index is 1200. The summed E-state index contributed by atoms with van der Waals surface area (Å²) in [6.07, 6.45) is 3.06. The summed E-state index contributed by atoms with van der Waals surface area (Å²) in [5.74, 6) is 0.453. The molecule has 0 aliphatic heterocycles. The summed E-state index contributed by atoms with van der Waals surface area (Å²) in [4.78, 5) is 16.7. The Balaban J connectivity index is 1.62. The number of hydrogen-bond acceptors (Lipinski definition) is 5. The zero-order valence-corrected chi connectivity index (χ0v) is 15.6. The van der Waals surface area contributed by atoms with E-state index in [4.69, 9.17) is 9.15 Å². The minimum Gasteiger partial charge on any atom is -0.507 e. The molecule has 0 atom stereocenters. The molecule has 4 aromatic rings. The van der Waals surface area contributed by atoms with Crippen molar-refractivity contribution in [2.75, 3.05) is 12.4 Å². The van der Waals surface area contributed by atoms with Gasteiger partial charge in [-0.1, -0.05) is 30.3 Å². The van der Waals surface area contributed by atoms with Gasteiger partial charge < -0.3 is 19.6 Å². The third-order valence-corrected chi connectivity index (χ3v) is 4.47. The van der Waals surface area contributed by atoms with Gasteiger partial charge in [-0.3, -0.25) is 9.79 Å². The highest BCUT2D eigenvalue weighted by atomic mass is 16.5. The average molecular weight is 386 g/mol. The molecule has 0 unspecified atom stereocenters. The highest BCUT2D eigenvalue weighted by Crippen LogP contribution is 2.31. The lowest BCUT2D eigenvalue weighted by Crippen LogP contribution is -2.11. The van der Waals surface area contributed by atoms with Crippen LogP contribution >= 0.6 is 0 Å². The third kappa shape index (κ3) is 3.82. The van der Waals surface area contributed by atoms with Gasteiger partial charge in [-0.2, -0.15) is 0 Å². The van der Waals surface area contributed by atoms with E-state index in [0.717, 1.165) is 10.8 Å². The summed E-state index contributed by atoms with van der Waals surface area (Å²) in [5, 5.41) is 14.9. The standard InChI is InChI=1S/C23H18N2O4/c1-28-22-13-16(9-10-19(22)25-23(27)21-7-4-12-29-21)24-14-18-17-6-3-2-5-15(17)8-11-20(18)26/h2-14,26H,1H3,(H,25,27). The number of phenolic OH excluding ortho intramolecular Hbond substituents is 1. The number of furan rings is 1. The van der Waals surface area contributed by atoms with Crippen LogP contribution in [0.25, 0.3) is 10.8 Å². The molecule has 0 bridgehead atoms. The molecular formula is C23H18N2O4. The molecule has 4 rings (SSSR count). The molecule has 0 radical (unpaired) electrons. The van der Waals surface area contributed by atoms with Crippen molar-refractivity contribution in [3.63, 3.8) is 0 Å². The van der Waals surface area contributed by atoms with Gasteiger partial charge in [-0.25, -0.2) is 0 Å². The molecule has 0 aliphatic carbocycles. The predicted molar refractivity (Wildman–Crippen MR) is 113 cm³/mol. The van der Waals surface area contributed by atoms with Gasteiger partial charge in [0.15, 0.2) is 5.76 Å². The summed E-state index contributed by atoms with van der Waals surface area (Å²) in [5.41, 5.74) is 1.75. The maximum absolute atomic E-state index is 12.2. The van der Waals surface area contributed by atoms with Crippen LogP contribution in [0.2, 0.25) is 0 Å². The Kier molecular flexibility index (Phi) is 4.99. The number of anilines is 1. The largest absolute Gasteiger partial charge is 0.507 e. The number of nitrogens with zero attached hydrogens (tertiary/aromatic N) is 1. The van der Waals surface area contributed by atoms with Crippen LogP contribution in [0, 0.1) is 0 Å². The van der Waals surface area contributed by atoms with Gasteiger partial charge >= 0.3 is 0 Å². The van der Waals surface area contributed by atoms with E-state index in [-0.39, 0.29) is 17.4 Å². The van der Waals surface area contributed by atoms with Crippen LogP contribution in [0.15, 0.2) is 82.4 Å². The molecule has 1 aromatic heterocycles. The lowest BCUT2D eigenvalue weighted by Gasteiger charge is -2.10. The number of methoxy groups -OCH3 is 1. The highest BCUT2D eigenvalue weighted by Gasteiger charge is 2.12. The molecule has 6 nitrogen and oxygen atoms in total. The Hall–Kier alpha value is -4.06. The minimum absolute atomic E-state index is 0.154. The number of benzene rings is 3. The zero-order valence-electron chi connectivity index (χ0n) is 15.6. The number of hydrogen-bond donors (Lipinski definition) is 2. The average Bonchev–Trinajstić information content (AvgIpc) is 3.29. The van der Waals surface area contributed by atoms with E-state index >= 15 is 0 Å². The van der Waals surface area contributed by atoms with Crippen molar-refractivity contribution in [2.24, 2.45) is 4.99 Å². The number of amides is 1.